The molecule has 1 atom stereocenters. The summed E-state index contributed by atoms with van der Waals surface area (Å²) in [6.45, 7) is 8.97. The van der Waals surface area contributed by atoms with Gasteiger partial charge in [-0.3, -0.25) is 14.9 Å². The van der Waals surface area contributed by atoms with E-state index in [-0.39, 0.29) is 29.7 Å². The first-order valence-electron chi connectivity index (χ1n) is 6.82. The predicted octanol–water partition coefficient (Wildman–Crippen LogP) is 0.840. The molecule has 0 saturated carbocycles. The van der Waals surface area contributed by atoms with E-state index in [1.54, 1.807) is 9.58 Å². The Morgan fingerprint density at radius 2 is 2.20 bits per heavy atom. The molecular weight excluding hydrogens is 258 g/mol. The summed E-state index contributed by atoms with van der Waals surface area (Å²) in [7, 11) is 0. The molecule has 1 aromatic rings. The normalized spacial score (nSPS) is 19.5. The van der Waals surface area contributed by atoms with E-state index in [4.69, 9.17) is 0 Å². The summed E-state index contributed by atoms with van der Waals surface area (Å²) in [4.78, 5) is 29.7. The van der Waals surface area contributed by atoms with Crippen molar-refractivity contribution in [2.75, 3.05) is 18.4 Å². The van der Waals surface area contributed by atoms with E-state index < -0.39 is 0 Å². The smallest absolute Gasteiger partial charge is 0.232 e. The van der Waals surface area contributed by atoms with Crippen LogP contribution in [0.1, 0.15) is 34.1 Å². The van der Waals surface area contributed by atoms with Gasteiger partial charge in [0.1, 0.15) is 6.33 Å². The van der Waals surface area contributed by atoms with Crippen molar-refractivity contribution in [3.63, 3.8) is 0 Å². The molecule has 2 amide bonds. The molecule has 0 aromatic carbocycles. The number of nitrogens with one attached hydrogen (secondary N) is 1. The van der Waals surface area contributed by atoms with Crippen LogP contribution in [0.2, 0.25) is 0 Å². The van der Waals surface area contributed by atoms with Crippen molar-refractivity contribution in [2.45, 2.75) is 39.7 Å². The molecule has 1 fully saturated rings. The zero-order valence-corrected chi connectivity index (χ0v) is 12.4. The second kappa shape index (κ2) is 5.22. The van der Waals surface area contributed by atoms with E-state index in [1.165, 1.54) is 6.33 Å². The SMILES string of the molecule is CCN1CC(C(=O)Nc2ncnn2C(C)(C)C)CC1=O. The number of hydrogen-bond donors (Lipinski definition) is 1. The molecule has 0 radical (unpaired) electrons. The standard InChI is InChI=1S/C13H21N5O2/c1-5-17-7-9(6-10(17)19)11(20)16-12-14-8-15-18(12)13(2,3)4/h8-9H,5-7H2,1-4H3,(H,14,15,16,20). The van der Waals surface area contributed by atoms with Crippen LogP contribution < -0.4 is 5.32 Å². The fraction of sp³-hybridized carbons (Fsp3) is 0.692. The molecule has 2 heterocycles. The summed E-state index contributed by atoms with van der Waals surface area (Å²) in [6.07, 6.45) is 1.68. The van der Waals surface area contributed by atoms with Crippen LogP contribution in [0.3, 0.4) is 0 Å². The minimum Gasteiger partial charge on any atom is -0.342 e. The summed E-state index contributed by atoms with van der Waals surface area (Å²) in [5.41, 5.74) is -0.264. The highest BCUT2D eigenvalue weighted by atomic mass is 16.2. The molecule has 0 spiro atoms. The first-order chi connectivity index (χ1) is 9.32. The lowest BCUT2D eigenvalue weighted by atomic mass is 10.1. The van der Waals surface area contributed by atoms with Crippen LogP contribution in [0.5, 0.6) is 0 Å². The van der Waals surface area contributed by atoms with Gasteiger partial charge >= 0.3 is 0 Å². The summed E-state index contributed by atoms with van der Waals surface area (Å²) in [5, 5.41) is 6.90. The van der Waals surface area contributed by atoms with Gasteiger partial charge in [-0.25, -0.2) is 4.68 Å². The van der Waals surface area contributed by atoms with Crippen molar-refractivity contribution >= 4 is 17.8 Å². The van der Waals surface area contributed by atoms with Crippen LogP contribution in [0, 0.1) is 5.92 Å². The fourth-order valence-corrected chi connectivity index (χ4v) is 2.28. The van der Waals surface area contributed by atoms with Crippen molar-refractivity contribution < 1.29 is 9.59 Å². The number of carbonyl (C=O) groups is 2. The number of anilines is 1. The van der Waals surface area contributed by atoms with Crippen molar-refractivity contribution in [2.24, 2.45) is 5.92 Å². The molecule has 7 heteroatoms. The maximum Gasteiger partial charge on any atom is 0.232 e. The van der Waals surface area contributed by atoms with Gasteiger partial charge in [-0.1, -0.05) is 0 Å². The van der Waals surface area contributed by atoms with E-state index in [2.05, 4.69) is 15.4 Å². The Balaban J connectivity index is 2.06. The Bertz CT molecular complexity index is 517. The Labute approximate surface area is 118 Å². The number of amides is 2. The molecule has 7 nitrogen and oxygen atoms in total. The third kappa shape index (κ3) is 2.81. The Morgan fingerprint density at radius 3 is 2.75 bits per heavy atom. The van der Waals surface area contributed by atoms with Crippen molar-refractivity contribution in [3.8, 4) is 0 Å². The van der Waals surface area contributed by atoms with E-state index in [1.807, 2.05) is 27.7 Å². The van der Waals surface area contributed by atoms with E-state index in [0.717, 1.165) is 0 Å². The second-order valence-electron chi connectivity index (χ2n) is 5.99. The Hall–Kier alpha value is -1.92. The van der Waals surface area contributed by atoms with Crippen LogP contribution in [0.25, 0.3) is 0 Å². The van der Waals surface area contributed by atoms with Gasteiger partial charge in [0.25, 0.3) is 0 Å². The average Bonchev–Trinajstić information content (AvgIpc) is 2.94. The van der Waals surface area contributed by atoms with E-state index in [0.29, 0.717) is 19.0 Å². The quantitative estimate of drug-likeness (QED) is 0.889. The number of carbonyl (C=O) groups excluding carboxylic acids is 2. The summed E-state index contributed by atoms with van der Waals surface area (Å²) in [6, 6.07) is 0. The maximum atomic E-state index is 12.2. The largest absolute Gasteiger partial charge is 0.342 e. The van der Waals surface area contributed by atoms with Gasteiger partial charge in [-0.15, -0.1) is 0 Å². The van der Waals surface area contributed by atoms with E-state index >= 15 is 0 Å². The van der Waals surface area contributed by atoms with Crippen LogP contribution in [0.4, 0.5) is 5.95 Å². The predicted molar refractivity (Wildman–Crippen MR) is 74.0 cm³/mol. The van der Waals surface area contributed by atoms with Gasteiger partial charge in [0, 0.05) is 19.5 Å². The molecule has 110 valence electrons. The number of nitrogens with zero attached hydrogens (tertiary/aromatic N) is 4. The molecule has 1 N–H and O–H groups in total. The molecule has 1 aliphatic heterocycles. The molecule has 1 aliphatic rings. The molecule has 1 unspecified atom stereocenters. The van der Waals surface area contributed by atoms with Gasteiger partial charge in [0.15, 0.2) is 0 Å². The zero-order valence-electron chi connectivity index (χ0n) is 12.4. The first kappa shape index (κ1) is 14.5. The monoisotopic (exact) mass is 279 g/mol. The van der Waals surface area contributed by atoms with Gasteiger partial charge in [-0.05, 0) is 27.7 Å². The first-order valence-corrected chi connectivity index (χ1v) is 6.82. The lowest BCUT2D eigenvalue weighted by Crippen LogP contribution is -2.31. The lowest BCUT2D eigenvalue weighted by Gasteiger charge is -2.21. The average molecular weight is 279 g/mol. The van der Waals surface area contributed by atoms with Crippen molar-refractivity contribution in [1.29, 1.82) is 0 Å². The highest BCUT2D eigenvalue weighted by molar-refractivity contribution is 5.96. The van der Waals surface area contributed by atoms with Gasteiger partial charge in [0.2, 0.25) is 17.8 Å². The lowest BCUT2D eigenvalue weighted by molar-refractivity contribution is -0.128. The third-order valence-corrected chi connectivity index (χ3v) is 3.39. The van der Waals surface area contributed by atoms with Crippen LogP contribution in [-0.4, -0.2) is 44.6 Å². The minimum absolute atomic E-state index is 0.0324. The summed E-state index contributed by atoms with van der Waals surface area (Å²) < 4.78 is 1.67. The molecule has 1 aromatic heterocycles. The van der Waals surface area contributed by atoms with Crippen molar-refractivity contribution in [1.82, 2.24) is 19.7 Å². The third-order valence-electron chi connectivity index (χ3n) is 3.39. The summed E-state index contributed by atoms with van der Waals surface area (Å²) in [5.74, 6) is -0.0322. The fourth-order valence-electron chi connectivity index (χ4n) is 2.28. The van der Waals surface area contributed by atoms with Gasteiger partial charge in [-0.2, -0.15) is 10.1 Å². The second-order valence-corrected chi connectivity index (χ2v) is 5.99. The Morgan fingerprint density at radius 1 is 1.50 bits per heavy atom. The number of aromatic nitrogens is 3. The van der Waals surface area contributed by atoms with Crippen LogP contribution >= 0.6 is 0 Å². The minimum atomic E-state index is -0.312. The summed E-state index contributed by atoms with van der Waals surface area (Å²) >= 11 is 0. The topological polar surface area (TPSA) is 80.1 Å². The number of likely N-dealkylation sites (tertiary alicyclic amines) is 1. The molecule has 2 rings (SSSR count). The molecule has 1 saturated heterocycles. The molecule has 0 aliphatic carbocycles. The maximum absolute atomic E-state index is 12.2. The highest BCUT2D eigenvalue weighted by Crippen LogP contribution is 2.21. The number of rotatable bonds is 3. The molecule has 20 heavy (non-hydrogen) atoms. The van der Waals surface area contributed by atoms with E-state index in [9.17, 15) is 9.59 Å². The molecule has 0 bridgehead atoms. The highest BCUT2D eigenvalue weighted by Gasteiger charge is 2.34. The van der Waals surface area contributed by atoms with Crippen LogP contribution in [0.15, 0.2) is 6.33 Å². The van der Waals surface area contributed by atoms with Gasteiger partial charge < -0.3 is 4.90 Å². The zero-order chi connectivity index (χ0) is 14.9. The van der Waals surface area contributed by atoms with Crippen LogP contribution in [-0.2, 0) is 15.1 Å². The van der Waals surface area contributed by atoms with Crippen molar-refractivity contribution in [3.05, 3.63) is 6.33 Å². The molecular formula is C13H21N5O2. The number of hydrogen-bond acceptors (Lipinski definition) is 4. The van der Waals surface area contributed by atoms with Gasteiger partial charge in [0.05, 0.1) is 11.5 Å². The Kier molecular flexibility index (Phi) is 3.78.